The van der Waals surface area contributed by atoms with Gasteiger partial charge in [0.15, 0.2) is 6.29 Å². The monoisotopic (exact) mass is 220 g/mol. The Labute approximate surface area is 95.6 Å². The van der Waals surface area contributed by atoms with Crippen molar-refractivity contribution in [1.29, 1.82) is 0 Å². The average Bonchev–Trinajstić information content (AvgIpc) is 2.78. The van der Waals surface area contributed by atoms with Crippen molar-refractivity contribution in [3.8, 4) is 0 Å². The Morgan fingerprint density at radius 3 is 2.88 bits per heavy atom. The molecule has 1 heterocycles. The van der Waals surface area contributed by atoms with Crippen molar-refractivity contribution in [2.45, 2.75) is 19.0 Å². The van der Waals surface area contributed by atoms with Gasteiger partial charge < -0.3 is 14.2 Å². The summed E-state index contributed by atoms with van der Waals surface area (Å²) in [7, 11) is 0. The normalized spacial score (nSPS) is 24.5. The Bertz CT molecular complexity index is 323. The Kier molecular flexibility index (Phi) is 4.10. The quantitative estimate of drug-likeness (QED) is 0.711. The van der Waals surface area contributed by atoms with E-state index in [-0.39, 0.29) is 12.4 Å². The second-order valence-corrected chi connectivity index (χ2v) is 3.70. The van der Waals surface area contributed by atoms with Gasteiger partial charge in [-0.05, 0) is 11.6 Å². The lowest BCUT2D eigenvalue weighted by molar-refractivity contribution is -0.0419. The molecule has 0 saturated carbocycles. The van der Waals surface area contributed by atoms with Gasteiger partial charge in [0.1, 0.15) is 6.10 Å². The maximum absolute atomic E-state index is 5.56. The first-order valence-electron chi connectivity index (χ1n) is 5.40. The van der Waals surface area contributed by atoms with Crippen LogP contribution in [0.4, 0.5) is 0 Å². The van der Waals surface area contributed by atoms with Gasteiger partial charge in [-0.25, -0.2) is 0 Å². The maximum Gasteiger partial charge on any atom is 0.177 e. The second kappa shape index (κ2) is 5.80. The molecular weight excluding hydrogens is 204 g/mol. The molecule has 3 heteroatoms. The molecule has 1 saturated heterocycles. The summed E-state index contributed by atoms with van der Waals surface area (Å²) >= 11 is 0. The van der Waals surface area contributed by atoms with E-state index in [0.717, 1.165) is 0 Å². The molecule has 0 radical (unpaired) electrons. The molecule has 1 aromatic rings. The summed E-state index contributed by atoms with van der Waals surface area (Å²) in [5, 5.41) is 0. The van der Waals surface area contributed by atoms with Crippen LogP contribution < -0.4 is 0 Å². The standard InChI is InChI=1S/C13H16O3/c1-2-13-15-10-12(16-13)9-14-8-11-6-4-3-5-7-11/h2-7,12-13H,1,8-10H2. The molecule has 0 bridgehead atoms. The van der Waals surface area contributed by atoms with Gasteiger partial charge in [-0.1, -0.05) is 36.9 Å². The van der Waals surface area contributed by atoms with Crippen LogP contribution in [0, 0.1) is 0 Å². The van der Waals surface area contributed by atoms with Crippen molar-refractivity contribution in [3.63, 3.8) is 0 Å². The van der Waals surface area contributed by atoms with Gasteiger partial charge >= 0.3 is 0 Å². The highest BCUT2D eigenvalue weighted by atomic mass is 16.7. The van der Waals surface area contributed by atoms with E-state index in [1.54, 1.807) is 6.08 Å². The Balaban J connectivity index is 1.67. The van der Waals surface area contributed by atoms with Gasteiger partial charge in [0.05, 0.1) is 19.8 Å². The fourth-order valence-electron chi connectivity index (χ4n) is 1.56. The molecule has 2 unspecified atom stereocenters. The third-order valence-corrected chi connectivity index (χ3v) is 2.38. The third-order valence-electron chi connectivity index (χ3n) is 2.38. The lowest BCUT2D eigenvalue weighted by atomic mass is 10.2. The van der Waals surface area contributed by atoms with Crippen LogP contribution in [0.1, 0.15) is 5.56 Å². The zero-order valence-corrected chi connectivity index (χ0v) is 9.17. The topological polar surface area (TPSA) is 27.7 Å². The lowest BCUT2D eigenvalue weighted by Crippen LogP contribution is -2.18. The van der Waals surface area contributed by atoms with Crippen molar-refractivity contribution in [2.24, 2.45) is 0 Å². The van der Waals surface area contributed by atoms with Gasteiger partial charge in [-0.2, -0.15) is 0 Å². The van der Waals surface area contributed by atoms with Gasteiger partial charge in [0.2, 0.25) is 0 Å². The van der Waals surface area contributed by atoms with E-state index in [1.165, 1.54) is 5.56 Å². The molecule has 1 aromatic carbocycles. The molecule has 16 heavy (non-hydrogen) atoms. The summed E-state index contributed by atoms with van der Waals surface area (Å²) in [6, 6.07) is 10.1. The molecule has 1 aliphatic heterocycles. The predicted molar refractivity (Wildman–Crippen MR) is 60.9 cm³/mol. The van der Waals surface area contributed by atoms with E-state index < -0.39 is 0 Å². The molecule has 0 spiro atoms. The summed E-state index contributed by atoms with van der Waals surface area (Å²) in [5.41, 5.74) is 1.17. The predicted octanol–water partition coefficient (Wildman–Crippen LogP) is 2.13. The third kappa shape index (κ3) is 3.17. The van der Waals surface area contributed by atoms with Gasteiger partial charge in [-0.15, -0.1) is 0 Å². The Morgan fingerprint density at radius 1 is 1.38 bits per heavy atom. The van der Waals surface area contributed by atoms with Crippen LogP contribution in [-0.2, 0) is 20.8 Å². The van der Waals surface area contributed by atoms with E-state index in [2.05, 4.69) is 6.58 Å². The van der Waals surface area contributed by atoms with E-state index in [1.807, 2.05) is 30.3 Å². The van der Waals surface area contributed by atoms with Gasteiger partial charge in [-0.3, -0.25) is 0 Å². The molecule has 1 fully saturated rings. The average molecular weight is 220 g/mol. The fourth-order valence-corrected chi connectivity index (χ4v) is 1.56. The number of ether oxygens (including phenoxy) is 3. The summed E-state index contributed by atoms with van der Waals surface area (Å²) in [5.74, 6) is 0. The van der Waals surface area contributed by atoms with Crippen molar-refractivity contribution >= 4 is 0 Å². The molecule has 1 aliphatic rings. The molecule has 2 rings (SSSR count). The van der Waals surface area contributed by atoms with Crippen molar-refractivity contribution < 1.29 is 14.2 Å². The lowest BCUT2D eigenvalue weighted by Gasteiger charge is -2.09. The van der Waals surface area contributed by atoms with E-state index >= 15 is 0 Å². The minimum absolute atomic E-state index is 0.0201. The number of rotatable bonds is 5. The zero-order valence-electron chi connectivity index (χ0n) is 9.17. The largest absolute Gasteiger partial charge is 0.374 e. The number of hydrogen-bond acceptors (Lipinski definition) is 3. The summed E-state index contributed by atoms with van der Waals surface area (Å²) in [6.07, 6.45) is 1.40. The molecule has 86 valence electrons. The Hall–Kier alpha value is -1.16. The fraction of sp³-hybridized carbons (Fsp3) is 0.385. The first-order valence-corrected chi connectivity index (χ1v) is 5.40. The summed E-state index contributed by atoms with van der Waals surface area (Å²) in [6.45, 7) is 5.35. The Morgan fingerprint density at radius 2 is 2.19 bits per heavy atom. The van der Waals surface area contributed by atoms with Crippen LogP contribution in [-0.4, -0.2) is 25.6 Å². The van der Waals surface area contributed by atoms with Crippen LogP contribution >= 0.6 is 0 Å². The van der Waals surface area contributed by atoms with E-state index in [0.29, 0.717) is 19.8 Å². The van der Waals surface area contributed by atoms with Gasteiger partial charge in [0.25, 0.3) is 0 Å². The van der Waals surface area contributed by atoms with Crippen LogP contribution in [0.5, 0.6) is 0 Å². The van der Waals surface area contributed by atoms with E-state index in [9.17, 15) is 0 Å². The van der Waals surface area contributed by atoms with Crippen molar-refractivity contribution in [3.05, 3.63) is 48.6 Å². The number of hydrogen-bond donors (Lipinski definition) is 0. The van der Waals surface area contributed by atoms with Crippen LogP contribution in [0.3, 0.4) is 0 Å². The number of benzene rings is 1. The molecule has 0 amide bonds. The first-order chi connectivity index (χ1) is 7.88. The van der Waals surface area contributed by atoms with Gasteiger partial charge in [0, 0.05) is 0 Å². The summed E-state index contributed by atoms with van der Waals surface area (Å²) in [4.78, 5) is 0. The summed E-state index contributed by atoms with van der Waals surface area (Å²) < 4.78 is 16.3. The van der Waals surface area contributed by atoms with Crippen molar-refractivity contribution in [2.75, 3.05) is 13.2 Å². The smallest absolute Gasteiger partial charge is 0.177 e. The van der Waals surface area contributed by atoms with E-state index in [4.69, 9.17) is 14.2 Å². The van der Waals surface area contributed by atoms with Crippen LogP contribution in [0.15, 0.2) is 43.0 Å². The molecule has 3 nitrogen and oxygen atoms in total. The molecule has 0 aromatic heterocycles. The van der Waals surface area contributed by atoms with Crippen molar-refractivity contribution in [1.82, 2.24) is 0 Å². The highest BCUT2D eigenvalue weighted by Crippen LogP contribution is 2.13. The highest BCUT2D eigenvalue weighted by molar-refractivity contribution is 5.13. The minimum atomic E-state index is -0.273. The maximum atomic E-state index is 5.56. The second-order valence-electron chi connectivity index (χ2n) is 3.70. The van der Waals surface area contributed by atoms with Crippen LogP contribution in [0.2, 0.25) is 0 Å². The zero-order chi connectivity index (χ0) is 11.2. The molecule has 2 atom stereocenters. The van der Waals surface area contributed by atoms with Crippen LogP contribution in [0.25, 0.3) is 0 Å². The molecule has 0 aliphatic carbocycles. The minimum Gasteiger partial charge on any atom is -0.374 e. The SMILES string of the molecule is C=CC1OCC(COCc2ccccc2)O1. The highest BCUT2D eigenvalue weighted by Gasteiger charge is 2.23. The molecule has 0 N–H and O–H groups in total. The first kappa shape index (κ1) is 11.3. The molecular formula is C13H16O3.